The van der Waals surface area contributed by atoms with Crippen molar-refractivity contribution in [2.24, 2.45) is 17.1 Å². The summed E-state index contributed by atoms with van der Waals surface area (Å²) in [6.45, 7) is 1.35. The highest BCUT2D eigenvalue weighted by Crippen LogP contribution is 2.47. The first-order valence-corrected chi connectivity index (χ1v) is 7.74. The molecule has 2 fully saturated rings. The van der Waals surface area contributed by atoms with Crippen LogP contribution in [0.4, 0.5) is 3.89 Å². The molecular formula is C11H20FNO3S. The van der Waals surface area contributed by atoms with E-state index in [4.69, 9.17) is 10.5 Å². The molecule has 1 heterocycles. The van der Waals surface area contributed by atoms with Crippen LogP contribution in [0.15, 0.2) is 0 Å². The maximum atomic E-state index is 12.9. The molecular weight excluding hydrogens is 245 g/mol. The Kier molecular flexibility index (Phi) is 3.75. The Morgan fingerprint density at radius 1 is 1.35 bits per heavy atom. The van der Waals surface area contributed by atoms with Crippen molar-refractivity contribution in [3.63, 3.8) is 0 Å². The largest absolute Gasteiger partial charge is 0.381 e. The van der Waals surface area contributed by atoms with Crippen molar-refractivity contribution in [3.8, 4) is 0 Å². The van der Waals surface area contributed by atoms with Gasteiger partial charge in [0, 0.05) is 24.7 Å². The molecule has 1 saturated carbocycles. The molecule has 0 amide bonds. The summed E-state index contributed by atoms with van der Waals surface area (Å²) in [4.78, 5) is 0. The zero-order valence-corrected chi connectivity index (χ0v) is 10.7. The van der Waals surface area contributed by atoms with Gasteiger partial charge in [-0.25, -0.2) is 0 Å². The van der Waals surface area contributed by atoms with E-state index in [2.05, 4.69) is 0 Å². The molecule has 0 aromatic carbocycles. The van der Waals surface area contributed by atoms with Crippen LogP contribution in [0.25, 0.3) is 0 Å². The molecule has 2 aliphatic rings. The smallest absolute Gasteiger partial charge is 0.303 e. The number of halogens is 1. The molecule has 2 rings (SSSR count). The van der Waals surface area contributed by atoms with Gasteiger partial charge in [-0.2, -0.15) is 8.42 Å². The van der Waals surface area contributed by atoms with Crippen LogP contribution in [0.1, 0.15) is 32.1 Å². The van der Waals surface area contributed by atoms with E-state index >= 15 is 0 Å². The number of hydrogen-bond acceptors (Lipinski definition) is 4. The summed E-state index contributed by atoms with van der Waals surface area (Å²) in [5, 5.41) is 0. The Labute approximate surface area is 102 Å². The Hall–Kier alpha value is -0.200. The fraction of sp³-hybridized carbons (Fsp3) is 1.00. The van der Waals surface area contributed by atoms with Gasteiger partial charge in [-0.15, -0.1) is 3.89 Å². The Bertz CT molecular complexity index is 361. The summed E-state index contributed by atoms with van der Waals surface area (Å²) in [6.07, 6.45) is 4.13. The van der Waals surface area contributed by atoms with Gasteiger partial charge in [0.25, 0.3) is 0 Å². The van der Waals surface area contributed by atoms with Gasteiger partial charge in [0.2, 0.25) is 0 Å². The second-order valence-corrected chi connectivity index (χ2v) is 6.74. The molecule has 6 heteroatoms. The van der Waals surface area contributed by atoms with Crippen LogP contribution >= 0.6 is 0 Å². The SMILES string of the molecule is NC(C1CCOCC1)C1(CS(=O)(=O)F)CCC1. The minimum absolute atomic E-state index is 0.217. The summed E-state index contributed by atoms with van der Waals surface area (Å²) < 4.78 is 40.0. The maximum absolute atomic E-state index is 12.9. The predicted octanol–water partition coefficient (Wildman–Crippen LogP) is 1.21. The van der Waals surface area contributed by atoms with Crippen molar-refractivity contribution in [2.75, 3.05) is 19.0 Å². The third kappa shape index (κ3) is 2.98. The van der Waals surface area contributed by atoms with Gasteiger partial charge in [0.15, 0.2) is 0 Å². The first kappa shape index (κ1) is 13.2. The quantitative estimate of drug-likeness (QED) is 0.776. The number of rotatable bonds is 4. The zero-order chi connectivity index (χ0) is 12.5. The van der Waals surface area contributed by atoms with E-state index in [0.29, 0.717) is 13.2 Å². The summed E-state index contributed by atoms with van der Waals surface area (Å²) in [7, 11) is -4.44. The average Bonchev–Trinajstić information content (AvgIpc) is 2.23. The summed E-state index contributed by atoms with van der Waals surface area (Å²) in [5.74, 6) is -0.135. The third-order valence-electron chi connectivity index (χ3n) is 4.29. The van der Waals surface area contributed by atoms with Gasteiger partial charge in [-0.1, -0.05) is 6.42 Å². The molecule has 0 aromatic heterocycles. The van der Waals surface area contributed by atoms with E-state index < -0.39 is 21.4 Å². The van der Waals surface area contributed by atoms with E-state index in [-0.39, 0.29) is 12.0 Å². The van der Waals surface area contributed by atoms with Crippen molar-refractivity contribution < 1.29 is 17.0 Å². The predicted molar refractivity (Wildman–Crippen MR) is 62.7 cm³/mol. The standard InChI is InChI=1S/C11H20FNO3S/c12-17(14,15)8-11(4-1-5-11)10(13)9-2-6-16-7-3-9/h9-10H,1-8,13H2. The molecule has 0 bridgehead atoms. The van der Waals surface area contributed by atoms with Crippen LogP contribution in [0, 0.1) is 11.3 Å². The molecule has 1 atom stereocenters. The highest BCUT2D eigenvalue weighted by atomic mass is 32.3. The molecule has 1 aliphatic carbocycles. The van der Waals surface area contributed by atoms with Crippen LogP contribution in [-0.4, -0.2) is 33.4 Å². The fourth-order valence-corrected chi connectivity index (χ4v) is 4.29. The lowest BCUT2D eigenvalue weighted by atomic mass is 9.61. The third-order valence-corrected chi connectivity index (χ3v) is 5.21. The number of hydrogen-bond donors (Lipinski definition) is 1. The second-order valence-electron chi connectivity index (χ2n) is 5.37. The van der Waals surface area contributed by atoms with Crippen LogP contribution in [0.5, 0.6) is 0 Å². The topological polar surface area (TPSA) is 69.4 Å². The minimum Gasteiger partial charge on any atom is -0.381 e. The Morgan fingerprint density at radius 3 is 2.35 bits per heavy atom. The Morgan fingerprint density at radius 2 is 1.94 bits per heavy atom. The molecule has 0 radical (unpaired) electrons. The first-order chi connectivity index (χ1) is 7.93. The lowest BCUT2D eigenvalue weighted by Crippen LogP contribution is -2.54. The van der Waals surface area contributed by atoms with E-state index in [1.54, 1.807) is 0 Å². The number of ether oxygens (including phenoxy) is 1. The van der Waals surface area contributed by atoms with Crippen LogP contribution in [0.3, 0.4) is 0 Å². The molecule has 100 valence electrons. The fourth-order valence-electron chi connectivity index (χ4n) is 3.12. The first-order valence-electron chi connectivity index (χ1n) is 6.19. The van der Waals surface area contributed by atoms with Crippen LogP contribution in [-0.2, 0) is 15.0 Å². The van der Waals surface area contributed by atoms with Gasteiger partial charge in [-0.05, 0) is 31.6 Å². The normalized spacial score (nSPS) is 27.4. The van der Waals surface area contributed by atoms with Gasteiger partial charge < -0.3 is 10.5 Å². The highest BCUT2D eigenvalue weighted by molar-refractivity contribution is 7.86. The Balaban J connectivity index is 2.06. The van der Waals surface area contributed by atoms with Crippen LogP contribution < -0.4 is 5.73 Å². The minimum atomic E-state index is -4.44. The number of nitrogens with two attached hydrogens (primary N) is 1. The van der Waals surface area contributed by atoms with E-state index in [1.165, 1.54) is 0 Å². The molecule has 2 N–H and O–H groups in total. The molecule has 0 aromatic rings. The van der Waals surface area contributed by atoms with Crippen LogP contribution in [0.2, 0.25) is 0 Å². The van der Waals surface area contributed by atoms with Crippen molar-refractivity contribution in [2.45, 2.75) is 38.1 Å². The highest BCUT2D eigenvalue weighted by Gasteiger charge is 2.48. The van der Waals surface area contributed by atoms with E-state index in [9.17, 15) is 12.3 Å². The zero-order valence-electron chi connectivity index (χ0n) is 9.90. The molecule has 1 aliphatic heterocycles. The monoisotopic (exact) mass is 265 g/mol. The maximum Gasteiger partial charge on any atom is 0.303 e. The summed E-state index contributed by atoms with van der Waals surface area (Å²) in [6, 6.07) is -0.217. The van der Waals surface area contributed by atoms with Crippen molar-refractivity contribution in [1.29, 1.82) is 0 Å². The van der Waals surface area contributed by atoms with Gasteiger partial charge in [0.1, 0.15) is 0 Å². The molecule has 4 nitrogen and oxygen atoms in total. The van der Waals surface area contributed by atoms with Gasteiger partial charge in [0.05, 0.1) is 5.75 Å². The van der Waals surface area contributed by atoms with E-state index in [0.717, 1.165) is 32.1 Å². The second kappa shape index (κ2) is 4.82. The van der Waals surface area contributed by atoms with Crippen molar-refractivity contribution in [1.82, 2.24) is 0 Å². The van der Waals surface area contributed by atoms with Gasteiger partial charge >= 0.3 is 10.2 Å². The molecule has 17 heavy (non-hydrogen) atoms. The lowest BCUT2D eigenvalue weighted by Gasteiger charge is -2.48. The van der Waals surface area contributed by atoms with Crippen molar-refractivity contribution in [3.05, 3.63) is 0 Å². The average molecular weight is 265 g/mol. The van der Waals surface area contributed by atoms with Gasteiger partial charge in [-0.3, -0.25) is 0 Å². The lowest BCUT2D eigenvalue weighted by molar-refractivity contribution is 0.0156. The molecule has 1 unspecified atom stereocenters. The van der Waals surface area contributed by atoms with Crippen molar-refractivity contribution >= 4 is 10.2 Å². The molecule has 1 saturated heterocycles. The van der Waals surface area contributed by atoms with E-state index in [1.807, 2.05) is 0 Å². The molecule has 0 spiro atoms. The summed E-state index contributed by atoms with van der Waals surface area (Å²) >= 11 is 0. The summed E-state index contributed by atoms with van der Waals surface area (Å²) in [5.41, 5.74) is 5.69.